The van der Waals surface area contributed by atoms with Crippen molar-refractivity contribution >= 4 is 0 Å². The molecular formula is C17H29NO4. The molecule has 0 saturated carbocycles. The van der Waals surface area contributed by atoms with Crippen LogP contribution in [0.5, 0.6) is 11.5 Å². The lowest BCUT2D eigenvalue weighted by molar-refractivity contribution is 0.0288. The first-order chi connectivity index (χ1) is 10.6. The number of ether oxygens (including phenoxy) is 3. The number of aliphatic hydroxyl groups excluding tert-OH is 1. The topological polar surface area (TPSA) is 60.0 Å². The summed E-state index contributed by atoms with van der Waals surface area (Å²) in [5, 5.41) is 13.1. The second-order valence-electron chi connectivity index (χ2n) is 5.74. The molecule has 2 N–H and O–H groups in total. The molecule has 0 fully saturated rings. The lowest BCUT2D eigenvalue weighted by atomic mass is 10.1. The largest absolute Gasteiger partial charge is 0.493 e. The zero-order valence-corrected chi connectivity index (χ0v) is 14.1. The highest BCUT2D eigenvalue weighted by Crippen LogP contribution is 2.27. The molecule has 0 bridgehead atoms. The van der Waals surface area contributed by atoms with Crippen LogP contribution in [-0.2, 0) is 11.3 Å². The summed E-state index contributed by atoms with van der Waals surface area (Å²) in [5.74, 6) is 2.05. The fourth-order valence-corrected chi connectivity index (χ4v) is 2.00. The third-order valence-electron chi connectivity index (χ3n) is 3.31. The molecule has 0 radical (unpaired) electrons. The second-order valence-corrected chi connectivity index (χ2v) is 5.74. The third kappa shape index (κ3) is 7.11. The minimum atomic E-state index is -0.493. The molecule has 1 atom stereocenters. The van der Waals surface area contributed by atoms with Gasteiger partial charge in [-0.25, -0.2) is 0 Å². The molecule has 0 heterocycles. The maximum atomic E-state index is 9.84. The highest BCUT2D eigenvalue weighted by atomic mass is 16.5. The summed E-state index contributed by atoms with van der Waals surface area (Å²) in [4.78, 5) is 0. The number of aliphatic hydroxyl groups is 1. The van der Waals surface area contributed by atoms with Crippen molar-refractivity contribution in [3.8, 4) is 11.5 Å². The van der Waals surface area contributed by atoms with Crippen LogP contribution in [0.4, 0.5) is 0 Å². The Kier molecular flexibility index (Phi) is 8.89. The van der Waals surface area contributed by atoms with Crippen molar-refractivity contribution in [2.24, 2.45) is 5.92 Å². The van der Waals surface area contributed by atoms with Crippen molar-refractivity contribution < 1.29 is 19.3 Å². The van der Waals surface area contributed by atoms with Gasteiger partial charge in [-0.3, -0.25) is 0 Å². The molecule has 0 aliphatic rings. The normalized spacial score (nSPS) is 12.5. The minimum Gasteiger partial charge on any atom is -0.493 e. The van der Waals surface area contributed by atoms with Crippen LogP contribution < -0.4 is 14.8 Å². The second kappa shape index (κ2) is 10.4. The van der Waals surface area contributed by atoms with E-state index >= 15 is 0 Å². The number of methoxy groups -OCH3 is 2. The first kappa shape index (κ1) is 18.7. The molecule has 1 aromatic rings. The number of rotatable bonds is 11. The summed E-state index contributed by atoms with van der Waals surface area (Å²) in [6, 6.07) is 5.65. The number of nitrogens with one attached hydrogen (secondary N) is 1. The molecule has 1 aromatic carbocycles. The van der Waals surface area contributed by atoms with E-state index in [0.29, 0.717) is 37.2 Å². The van der Waals surface area contributed by atoms with E-state index in [4.69, 9.17) is 14.2 Å². The van der Waals surface area contributed by atoms with E-state index in [1.165, 1.54) is 0 Å². The molecule has 0 aliphatic heterocycles. The van der Waals surface area contributed by atoms with Gasteiger partial charge in [-0.1, -0.05) is 19.9 Å². The van der Waals surface area contributed by atoms with Gasteiger partial charge in [0.1, 0.15) is 0 Å². The van der Waals surface area contributed by atoms with E-state index in [9.17, 15) is 5.11 Å². The molecule has 126 valence electrons. The Balaban J connectivity index is 2.26. The summed E-state index contributed by atoms with van der Waals surface area (Å²) in [6.07, 6.45) is 0.617. The van der Waals surface area contributed by atoms with E-state index in [0.717, 1.165) is 18.5 Å². The third-order valence-corrected chi connectivity index (χ3v) is 3.31. The van der Waals surface area contributed by atoms with Gasteiger partial charge in [-0.05, 0) is 36.6 Å². The summed E-state index contributed by atoms with van der Waals surface area (Å²) in [6.45, 7) is 6.59. The van der Waals surface area contributed by atoms with E-state index in [1.54, 1.807) is 14.2 Å². The standard InChI is InChI=1S/C17H29NO4/c1-13(2)7-8-18-10-15(19)12-22-11-14-5-6-16(20-3)17(9-14)21-4/h5-6,9,13,15,18-19H,7-8,10-12H2,1-4H3/t15-/m1/s1. The van der Waals surface area contributed by atoms with E-state index < -0.39 is 6.10 Å². The zero-order valence-electron chi connectivity index (χ0n) is 14.1. The fraction of sp³-hybridized carbons (Fsp3) is 0.647. The summed E-state index contributed by atoms with van der Waals surface area (Å²) < 4.78 is 16.0. The smallest absolute Gasteiger partial charge is 0.161 e. The Morgan fingerprint density at radius 3 is 2.50 bits per heavy atom. The fourth-order valence-electron chi connectivity index (χ4n) is 2.00. The van der Waals surface area contributed by atoms with Crippen LogP contribution in [0.3, 0.4) is 0 Å². The van der Waals surface area contributed by atoms with Gasteiger partial charge in [0, 0.05) is 6.54 Å². The molecule has 0 saturated heterocycles. The van der Waals surface area contributed by atoms with Crippen LogP contribution >= 0.6 is 0 Å². The van der Waals surface area contributed by atoms with Gasteiger partial charge in [0.25, 0.3) is 0 Å². The summed E-state index contributed by atoms with van der Waals surface area (Å²) in [7, 11) is 3.21. The van der Waals surface area contributed by atoms with Crippen LogP contribution in [-0.4, -0.2) is 45.1 Å². The molecular weight excluding hydrogens is 282 g/mol. The van der Waals surface area contributed by atoms with Crippen LogP contribution in [0.1, 0.15) is 25.8 Å². The van der Waals surface area contributed by atoms with Gasteiger partial charge in [0.15, 0.2) is 11.5 Å². The van der Waals surface area contributed by atoms with Gasteiger partial charge < -0.3 is 24.6 Å². The Bertz CT molecular complexity index is 423. The first-order valence-electron chi connectivity index (χ1n) is 7.74. The van der Waals surface area contributed by atoms with Crippen molar-refractivity contribution in [2.45, 2.75) is 33.0 Å². The van der Waals surface area contributed by atoms with Gasteiger partial charge in [0.2, 0.25) is 0 Å². The van der Waals surface area contributed by atoms with Crippen molar-refractivity contribution in [1.29, 1.82) is 0 Å². The Morgan fingerprint density at radius 2 is 1.86 bits per heavy atom. The molecule has 1 rings (SSSR count). The van der Waals surface area contributed by atoms with Gasteiger partial charge in [-0.2, -0.15) is 0 Å². The van der Waals surface area contributed by atoms with E-state index in [1.807, 2.05) is 18.2 Å². The monoisotopic (exact) mass is 311 g/mol. The Morgan fingerprint density at radius 1 is 1.14 bits per heavy atom. The molecule has 0 aliphatic carbocycles. The molecule has 5 nitrogen and oxygen atoms in total. The van der Waals surface area contributed by atoms with Crippen LogP contribution in [0.15, 0.2) is 18.2 Å². The molecule has 5 heteroatoms. The maximum absolute atomic E-state index is 9.84. The highest BCUT2D eigenvalue weighted by Gasteiger charge is 2.07. The van der Waals surface area contributed by atoms with Crippen LogP contribution in [0.25, 0.3) is 0 Å². The van der Waals surface area contributed by atoms with Crippen molar-refractivity contribution in [1.82, 2.24) is 5.32 Å². The molecule has 0 spiro atoms. The van der Waals surface area contributed by atoms with Crippen molar-refractivity contribution in [3.05, 3.63) is 23.8 Å². The van der Waals surface area contributed by atoms with Crippen LogP contribution in [0, 0.1) is 5.92 Å². The lowest BCUT2D eigenvalue weighted by Crippen LogP contribution is -2.31. The van der Waals surface area contributed by atoms with Crippen molar-refractivity contribution in [2.75, 3.05) is 33.9 Å². The first-order valence-corrected chi connectivity index (χ1v) is 7.74. The predicted octanol–water partition coefficient (Wildman–Crippen LogP) is 2.22. The van der Waals surface area contributed by atoms with E-state index in [2.05, 4.69) is 19.2 Å². The molecule has 0 unspecified atom stereocenters. The van der Waals surface area contributed by atoms with Gasteiger partial charge in [-0.15, -0.1) is 0 Å². The Hall–Kier alpha value is -1.30. The van der Waals surface area contributed by atoms with Crippen LogP contribution in [0.2, 0.25) is 0 Å². The molecule has 22 heavy (non-hydrogen) atoms. The maximum Gasteiger partial charge on any atom is 0.161 e. The number of hydrogen-bond donors (Lipinski definition) is 2. The molecule has 0 amide bonds. The number of hydrogen-bond acceptors (Lipinski definition) is 5. The van der Waals surface area contributed by atoms with Gasteiger partial charge >= 0.3 is 0 Å². The SMILES string of the molecule is COc1ccc(COC[C@H](O)CNCCC(C)C)cc1OC. The zero-order chi connectivity index (χ0) is 16.4. The van der Waals surface area contributed by atoms with Gasteiger partial charge in [0.05, 0.1) is 33.5 Å². The quantitative estimate of drug-likeness (QED) is 0.614. The average Bonchev–Trinajstić information content (AvgIpc) is 2.51. The van der Waals surface area contributed by atoms with Crippen molar-refractivity contribution in [3.63, 3.8) is 0 Å². The molecule has 0 aromatic heterocycles. The highest BCUT2D eigenvalue weighted by molar-refractivity contribution is 5.42. The summed E-state index contributed by atoms with van der Waals surface area (Å²) in [5.41, 5.74) is 0.984. The number of benzene rings is 1. The average molecular weight is 311 g/mol. The summed E-state index contributed by atoms with van der Waals surface area (Å²) >= 11 is 0. The van der Waals surface area contributed by atoms with E-state index in [-0.39, 0.29) is 0 Å². The predicted molar refractivity (Wildman–Crippen MR) is 87.5 cm³/mol. The lowest BCUT2D eigenvalue weighted by Gasteiger charge is -2.14. The Labute approximate surface area is 133 Å². The minimum absolute atomic E-state index is 0.309.